The van der Waals surface area contributed by atoms with Gasteiger partial charge in [-0.3, -0.25) is 0 Å². The molecule has 0 saturated heterocycles. The average molecular weight is 465 g/mol. The van der Waals surface area contributed by atoms with Crippen molar-refractivity contribution in [1.82, 2.24) is 0 Å². The summed E-state index contributed by atoms with van der Waals surface area (Å²) in [6.45, 7) is 2.12. The van der Waals surface area contributed by atoms with Crippen LogP contribution in [0, 0.1) is 0 Å². The molecule has 0 radical (unpaired) electrons. The molecule has 11 heteroatoms. The smallest absolute Gasteiger partial charge is 0.810 e. The first-order valence-corrected chi connectivity index (χ1v) is 10.5. The summed E-state index contributed by atoms with van der Waals surface area (Å²) in [6, 6.07) is 7.78. The zero-order chi connectivity index (χ0) is 16.8. The fraction of sp³-hybridized carbons (Fsp3) is 0.571. The normalized spacial score (nSPS) is 14.3. The molecule has 126 valence electrons. The number of rotatable bonds is 9. The Morgan fingerprint density at radius 3 is 1.64 bits per heavy atom. The van der Waals surface area contributed by atoms with E-state index in [2.05, 4.69) is 6.92 Å². The Kier molecular flexibility index (Phi) is 23.2. The standard InChI is InChI=1S/C14H24O6P2.3K/c1-2-3-5-12-8-10-13(11-9-12)6-4-7-14(21(15,16)17)22(18,19)20;;;/h8-11,14H,2-7H2,1H3,(H2,15,16,17)(H2,18,19,20);;;/q;3*+1/p-3. The van der Waals surface area contributed by atoms with E-state index in [9.17, 15) is 23.8 Å². The monoisotopic (exact) mass is 464 g/mol. The second kappa shape index (κ2) is 17.0. The van der Waals surface area contributed by atoms with Crippen LogP contribution in [0.3, 0.4) is 0 Å². The van der Waals surface area contributed by atoms with Crippen molar-refractivity contribution in [1.29, 1.82) is 0 Å². The number of hydrogen-bond acceptors (Lipinski definition) is 5. The summed E-state index contributed by atoms with van der Waals surface area (Å²) in [5.41, 5.74) is 2.15. The van der Waals surface area contributed by atoms with Crippen molar-refractivity contribution in [3.8, 4) is 0 Å². The van der Waals surface area contributed by atoms with Gasteiger partial charge in [0.05, 0.1) is 5.40 Å². The summed E-state index contributed by atoms with van der Waals surface area (Å²) in [4.78, 5) is 41.6. The maximum absolute atomic E-state index is 11.0. The van der Waals surface area contributed by atoms with Crippen LogP contribution in [-0.2, 0) is 22.0 Å². The van der Waals surface area contributed by atoms with Crippen LogP contribution in [-0.4, -0.2) is 10.3 Å². The Morgan fingerprint density at radius 1 is 0.920 bits per heavy atom. The maximum Gasteiger partial charge on any atom is 1.00 e. The third kappa shape index (κ3) is 15.0. The van der Waals surface area contributed by atoms with Crippen LogP contribution in [0.25, 0.3) is 0 Å². The van der Waals surface area contributed by atoms with Crippen LogP contribution in [0.1, 0.15) is 43.7 Å². The van der Waals surface area contributed by atoms with E-state index in [-0.39, 0.29) is 167 Å². The van der Waals surface area contributed by atoms with Crippen molar-refractivity contribution in [3.63, 3.8) is 0 Å². The SMILES string of the molecule is CCCCc1ccc(CCCC(P(=O)([O-])[O-])P(=O)([O-])O)cc1.[K+].[K+].[K+]. The molecule has 0 spiro atoms. The second-order valence-corrected chi connectivity index (χ2v) is 9.26. The Morgan fingerprint density at radius 2 is 1.32 bits per heavy atom. The van der Waals surface area contributed by atoms with Gasteiger partial charge in [0.25, 0.3) is 0 Å². The molecule has 0 aliphatic rings. The topological polar surface area (TPSA) is 124 Å². The van der Waals surface area contributed by atoms with Crippen LogP contribution >= 0.6 is 15.2 Å². The predicted octanol–water partition coefficient (Wildman–Crippen LogP) is -7.85. The van der Waals surface area contributed by atoms with Crippen LogP contribution < -0.4 is 169 Å². The van der Waals surface area contributed by atoms with Gasteiger partial charge >= 0.3 is 154 Å². The molecule has 0 bridgehead atoms. The van der Waals surface area contributed by atoms with E-state index in [4.69, 9.17) is 4.89 Å². The first kappa shape index (κ1) is 34.1. The second-order valence-electron chi connectivity index (χ2n) is 5.40. The summed E-state index contributed by atoms with van der Waals surface area (Å²) in [5, 5.41) is -2.23. The van der Waals surface area contributed by atoms with E-state index in [0.717, 1.165) is 24.8 Å². The van der Waals surface area contributed by atoms with Gasteiger partial charge in [-0.2, -0.15) is 0 Å². The molecule has 1 aromatic rings. The first-order chi connectivity index (χ1) is 10.1. The minimum Gasteiger partial charge on any atom is -0.810 e. The molecule has 1 N–H and O–H groups in total. The molecule has 0 aliphatic carbocycles. The van der Waals surface area contributed by atoms with Crippen molar-refractivity contribution < 1.29 is 183 Å². The van der Waals surface area contributed by atoms with Gasteiger partial charge in [-0.1, -0.05) is 45.2 Å². The van der Waals surface area contributed by atoms with Gasteiger partial charge in [-0.05, 0) is 43.2 Å². The molecule has 0 heterocycles. The van der Waals surface area contributed by atoms with E-state index >= 15 is 0 Å². The summed E-state index contributed by atoms with van der Waals surface area (Å²) in [5.74, 6) is 0. The zero-order valence-corrected chi connectivity index (χ0v) is 26.7. The number of unbranched alkanes of at least 4 members (excludes halogenated alkanes) is 1. The molecule has 2 atom stereocenters. The molecule has 0 fully saturated rings. The molecule has 0 amide bonds. The van der Waals surface area contributed by atoms with Crippen LogP contribution in [0.5, 0.6) is 0 Å². The van der Waals surface area contributed by atoms with Gasteiger partial charge in [0.1, 0.15) is 7.60 Å². The minimum atomic E-state index is -5.36. The Balaban J connectivity index is -0.00000161. The summed E-state index contributed by atoms with van der Waals surface area (Å²) in [6.07, 6.45) is 3.48. The average Bonchev–Trinajstić information content (AvgIpc) is 2.39. The van der Waals surface area contributed by atoms with Gasteiger partial charge < -0.3 is 28.7 Å². The van der Waals surface area contributed by atoms with Gasteiger partial charge in [0.15, 0.2) is 0 Å². The largest absolute Gasteiger partial charge is 1.00 e. The molecular formula is C14H21K3O6P2. The third-order valence-electron chi connectivity index (χ3n) is 3.51. The number of benzene rings is 1. The van der Waals surface area contributed by atoms with Crippen molar-refractivity contribution in [2.75, 3.05) is 0 Å². The summed E-state index contributed by atoms with van der Waals surface area (Å²) < 4.78 is 21.9. The van der Waals surface area contributed by atoms with Crippen molar-refractivity contribution in [2.45, 2.75) is 50.8 Å². The van der Waals surface area contributed by atoms with E-state index in [0.29, 0.717) is 6.42 Å². The first-order valence-electron chi connectivity index (χ1n) is 7.27. The summed E-state index contributed by atoms with van der Waals surface area (Å²) in [7, 11) is -10.5. The van der Waals surface area contributed by atoms with E-state index < -0.39 is 20.6 Å². The van der Waals surface area contributed by atoms with Crippen LogP contribution in [0.15, 0.2) is 24.3 Å². The molecule has 1 rings (SSSR count). The fourth-order valence-corrected chi connectivity index (χ4v) is 4.68. The summed E-state index contributed by atoms with van der Waals surface area (Å²) >= 11 is 0. The van der Waals surface area contributed by atoms with Crippen molar-refractivity contribution in [3.05, 3.63) is 35.4 Å². The van der Waals surface area contributed by atoms with Gasteiger partial charge in [-0.25, -0.2) is 0 Å². The molecule has 0 aromatic heterocycles. The van der Waals surface area contributed by atoms with Crippen LogP contribution in [0.4, 0.5) is 0 Å². The molecule has 0 saturated carbocycles. The predicted molar refractivity (Wildman–Crippen MR) is 79.2 cm³/mol. The third-order valence-corrected chi connectivity index (χ3v) is 7.24. The van der Waals surface area contributed by atoms with Gasteiger partial charge in [-0.15, -0.1) is 0 Å². The minimum absolute atomic E-state index is 0. The molecule has 2 unspecified atom stereocenters. The molecule has 0 aliphatic heterocycles. The maximum atomic E-state index is 11.0. The molecular weight excluding hydrogens is 443 g/mol. The van der Waals surface area contributed by atoms with Crippen molar-refractivity contribution >= 4 is 15.2 Å². The Bertz CT molecular complexity index is 536. The van der Waals surface area contributed by atoms with E-state index in [1.165, 1.54) is 5.56 Å². The Hall–Kier alpha value is 4.43. The Labute approximate surface area is 277 Å². The van der Waals surface area contributed by atoms with Crippen molar-refractivity contribution in [2.24, 2.45) is 0 Å². The van der Waals surface area contributed by atoms with Gasteiger partial charge in [0.2, 0.25) is 0 Å². The van der Waals surface area contributed by atoms with E-state index in [1.807, 2.05) is 24.3 Å². The van der Waals surface area contributed by atoms with E-state index in [1.54, 1.807) is 0 Å². The molecule has 1 aromatic carbocycles. The fourth-order valence-electron chi connectivity index (χ4n) is 2.24. The zero-order valence-electron chi connectivity index (χ0n) is 15.5. The molecule has 25 heavy (non-hydrogen) atoms. The number of aryl methyl sites for hydroxylation is 2. The van der Waals surface area contributed by atoms with Gasteiger partial charge in [0, 0.05) is 0 Å². The quantitative estimate of drug-likeness (QED) is 0.286. The number of hydrogen-bond donors (Lipinski definition) is 1. The molecule has 6 nitrogen and oxygen atoms in total. The van der Waals surface area contributed by atoms with Crippen LogP contribution in [0.2, 0.25) is 0 Å².